The fraction of sp³-hybridized carbons (Fsp3) is 0.588. The number of nitrogens with one attached hydrogen (secondary N) is 1. The van der Waals surface area contributed by atoms with Gasteiger partial charge in [-0.2, -0.15) is 0 Å². The summed E-state index contributed by atoms with van der Waals surface area (Å²) in [6.45, 7) is 7.73. The number of carbonyl (C=O) groups is 1. The Morgan fingerprint density at radius 3 is 2.91 bits per heavy atom. The summed E-state index contributed by atoms with van der Waals surface area (Å²) in [4.78, 5) is 14.1. The smallest absolute Gasteiger partial charge is 0.407 e. The third-order valence-corrected chi connectivity index (χ3v) is 4.30. The number of rotatable bonds is 3. The van der Waals surface area contributed by atoms with Gasteiger partial charge in [0, 0.05) is 28.3 Å². The molecule has 128 valence electrons. The number of carbonyl (C=O) groups excluding carboxylic acids is 1. The van der Waals surface area contributed by atoms with E-state index in [2.05, 4.69) is 32.8 Å². The predicted molar refractivity (Wildman–Crippen MR) is 96.8 cm³/mol. The van der Waals surface area contributed by atoms with E-state index >= 15 is 0 Å². The number of benzene rings is 1. The number of halogens is 2. The van der Waals surface area contributed by atoms with E-state index in [4.69, 9.17) is 4.74 Å². The van der Waals surface area contributed by atoms with Crippen molar-refractivity contribution >= 4 is 28.7 Å². The highest BCUT2D eigenvalue weighted by molar-refractivity contribution is 14.1. The molecular formula is C17H24FIN2O2. The highest BCUT2D eigenvalue weighted by atomic mass is 127. The normalized spacial score (nSPS) is 19.4. The molecule has 4 nitrogen and oxygen atoms in total. The van der Waals surface area contributed by atoms with Gasteiger partial charge >= 0.3 is 6.09 Å². The van der Waals surface area contributed by atoms with Gasteiger partial charge in [-0.15, -0.1) is 0 Å². The summed E-state index contributed by atoms with van der Waals surface area (Å²) in [5.41, 5.74) is 0.206. The molecule has 1 amide bonds. The Labute approximate surface area is 150 Å². The molecule has 1 aliphatic heterocycles. The number of likely N-dealkylation sites (tertiary alicyclic amines) is 1. The van der Waals surface area contributed by atoms with Crippen LogP contribution in [0.3, 0.4) is 0 Å². The van der Waals surface area contributed by atoms with E-state index in [1.807, 2.05) is 26.8 Å². The van der Waals surface area contributed by atoms with Crippen molar-refractivity contribution in [2.24, 2.45) is 0 Å². The molecule has 1 aliphatic rings. The van der Waals surface area contributed by atoms with Gasteiger partial charge in [-0.25, -0.2) is 9.18 Å². The van der Waals surface area contributed by atoms with Crippen molar-refractivity contribution in [2.75, 3.05) is 13.1 Å². The molecule has 0 aliphatic carbocycles. The van der Waals surface area contributed by atoms with Gasteiger partial charge in [-0.3, -0.25) is 4.90 Å². The third kappa shape index (κ3) is 6.25. The first-order valence-electron chi connectivity index (χ1n) is 7.89. The number of hydrogen-bond donors (Lipinski definition) is 1. The minimum atomic E-state index is -0.498. The SMILES string of the molecule is CC(C)(C)OC(=O)N[C@@H]1CCCN(Cc2cc(I)ccc2F)C1. The van der Waals surface area contributed by atoms with Gasteiger partial charge in [0.1, 0.15) is 11.4 Å². The Kier molecular flexibility index (Phi) is 6.25. The Morgan fingerprint density at radius 1 is 1.48 bits per heavy atom. The van der Waals surface area contributed by atoms with Crippen LogP contribution in [0.1, 0.15) is 39.2 Å². The predicted octanol–water partition coefficient (Wildman–Crippen LogP) is 3.92. The van der Waals surface area contributed by atoms with Crippen molar-refractivity contribution in [3.8, 4) is 0 Å². The summed E-state index contributed by atoms with van der Waals surface area (Å²) in [7, 11) is 0. The number of ether oxygens (including phenoxy) is 1. The van der Waals surface area contributed by atoms with Gasteiger partial charge in [0.2, 0.25) is 0 Å². The molecule has 0 bridgehead atoms. The quantitative estimate of drug-likeness (QED) is 0.734. The molecule has 2 rings (SSSR count). The van der Waals surface area contributed by atoms with Crippen LogP contribution in [0.25, 0.3) is 0 Å². The lowest BCUT2D eigenvalue weighted by molar-refractivity contribution is 0.0470. The van der Waals surface area contributed by atoms with E-state index in [-0.39, 0.29) is 18.0 Å². The van der Waals surface area contributed by atoms with E-state index in [1.54, 1.807) is 6.07 Å². The fourth-order valence-electron chi connectivity index (χ4n) is 2.70. The standard InChI is InChI=1S/C17H24FIN2O2/c1-17(2,3)23-16(22)20-14-5-4-8-21(11-14)10-12-9-13(19)6-7-15(12)18/h6-7,9,14H,4-5,8,10-11H2,1-3H3,(H,20,22)/t14-/m1/s1. The van der Waals surface area contributed by atoms with Gasteiger partial charge in [-0.1, -0.05) is 0 Å². The molecule has 23 heavy (non-hydrogen) atoms. The second kappa shape index (κ2) is 7.79. The first kappa shape index (κ1) is 18.4. The zero-order valence-electron chi connectivity index (χ0n) is 13.9. The van der Waals surface area contributed by atoms with Crippen LogP contribution in [0.4, 0.5) is 9.18 Å². The first-order valence-corrected chi connectivity index (χ1v) is 8.96. The molecule has 1 saturated heterocycles. The van der Waals surface area contributed by atoms with Crippen LogP contribution in [0, 0.1) is 9.39 Å². The van der Waals surface area contributed by atoms with E-state index in [1.165, 1.54) is 6.07 Å². The molecule has 1 N–H and O–H groups in total. The van der Waals surface area contributed by atoms with Gasteiger partial charge in [0.05, 0.1) is 0 Å². The lowest BCUT2D eigenvalue weighted by atomic mass is 10.0. The maximum Gasteiger partial charge on any atom is 0.407 e. The van der Waals surface area contributed by atoms with Crippen molar-refractivity contribution in [1.29, 1.82) is 0 Å². The van der Waals surface area contributed by atoms with E-state index in [0.29, 0.717) is 18.7 Å². The lowest BCUT2D eigenvalue weighted by Gasteiger charge is -2.33. The highest BCUT2D eigenvalue weighted by Gasteiger charge is 2.24. The average Bonchev–Trinajstić information content (AvgIpc) is 2.41. The van der Waals surface area contributed by atoms with Crippen LogP contribution in [0.2, 0.25) is 0 Å². The molecule has 1 aromatic rings. The van der Waals surface area contributed by atoms with Gasteiger partial charge in [0.25, 0.3) is 0 Å². The lowest BCUT2D eigenvalue weighted by Crippen LogP contribution is -2.48. The van der Waals surface area contributed by atoms with Crippen LogP contribution in [0.5, 0.6) is 0 Å². The topological polar surface area (TPSA) is 41.6 Å². The van der Waals surface area contributed by atoms with E-state index < -0.39 is 5.60 Å². The molecule has 1 heterocycles. The average molecular weight is 434 g/mol. The molecule has 0 spiro atoms. The van der Waals surface area contributed by atoms with Crippen LogP contribution < -0.4 is 5.32 Å². The molecule has 0 unspecified atom stereocenters. The van der Waals surface area contributed by atoms with Gasteiger partial charge in [-0.05, 0) is 80.9 Å². The number of alkyl carbamates (subject to hydrolysis) is 1. The maximum atomic E-state index is 13.9. The fourth-order valence-corrected chi connectivity index (χ4v) is 3.25. The monoisotopic (exact) mass is 434 g/mol. The molecule has 6 heteroatoms. The molecule has 1 fully saturated rings. The second-order valence-corrected chi connectivity index (χ2v) is 8.20. The molecular weight excluding hydrogens is 410 g/mol. The third-order valence-electron chi connectivity index (χ3n) is 3.63. The zero-order chi connectivity index (χ0) is 17.0. The zero-order valence-corrected chi connectivity index (χ0v) is 16.0. The summed E-state index contributed by atoms with van der Waals surface area (Å²) in [6, 6.07) is 5.20. The van der Waals surface area contributed by atoms with Crippen LogP contribution in [-0.4, -0.2) is 35.7 Å². The summed E-state index contributed by atoms with van der Waals surface area (Å²) in [6.07, 6.45) is 1.51. The Hall–Kier alpha value is -0.890. The summed E-state index contributed by atoms with van der Waals surface area (Å²) in [5.74, 6) is -0.173. The minimum absolute atomic E-state index is 0.0458. The molecule has 0 radical (unpaired) electrons. The number of nitrogens with zero attached hydrogens (tertiary/aromatic N) is 1. The Balaban J connectivity index is 1.90. The largest absolute Gasteiger partial charge is 0.444 e. The minimum Gasteiger partial charge on any atom is -0.444 e. The summed E-state index contributed by atoms with van der Waals surface area (Å²) >= 11 is 2.19. The van der Waals surface area contributed by atoms with Crippen molar-refractivity contribution in [2.45, 2.75) is 51.8 Å². The first-order chi connectivity index (χ1) is 10.7. The van der Waals surface area contributed by atoms with Gasteiger partial charge in [0.15, 0.2) is 0 Å². The van der Waals surface area contributed by atoms with Crippen molar-refractivity contribution in [3.63, 3.8) is 0 Å². The number of hydrogen-bond acceptors (Lipinski definition) is 3. The summed E-state index contributed by atoms with van der Waals surface area (Å²) in [5, 5.41) is 2.92. The van der Waals surface area contributed by atoms with Crippen molar-refractivity contribution in [1.82, 2.24) is 10.2 Å². The van der Waals surface area contributed by atoms with Crippen molar-refractivity contribution in [3.05, 3.63) is 33.1 Å². The molecule has 0 saturated carbocycles. The highest BCUT2D eigenvalue weighted by Crippen LogP contribution is 2.18. The maximum absolute atomic E-state index is 13.9. The van der Waals surface area contributed by atoms with Crippen LogP contribution >= 0.6 is 22.6 Å². The summed E-state index contributed by atoms with van der Waals surface area (Å²) < 4.78 is 20.2. The second-order valence-electron chi connectivity index (χ2n) is 6.96. The molecule has 1 aromatic carbocycles. The van der Waals surface area contributed by atoms with Crippen LogP contribution in [0.15, 0.2) is 18.2 Å². The Morgan fingerprint density at radius 2 is 2.22 bits per heavy atom. The van der Waals surface area contributed by atoms with Crippen molar-refractivity contribution < 1.29 is 13.9 Å². The number of amides is 1. The van der Waals surface area contributed by atoms with Crippen LogP contribution in [-0.2, 0) is 11.3 Å². The number of piperidine rings is 1. The van der Waals surface area contributed by atoms with E-state index in [9.17, 15) is 9.18 Å². The van der Waals surface area contributed by atoms with E-state index in [0.717, 1.165) is 23.0 Å². The van der Waals surface area contributed by atoms with Gasteiger partial charge < -0.3 is 10.1 Å². The molecule has 1 atom stereocenters. The Bertz CT molecular complexity index is 560. The molecule has 0 aromatic heterocycles.